The van der Waals surface area contributed by atoms with Crippen molar-refractivity contribution in [1.82, 2.24) is 5.32 Å². The Kier molecular flexibility index (Phi) is 4.00. The van der Waals surface area contributed by atoms with Crippen LogP contribution in [0.1, 0.15) is 16.7 Å². The van der Waals surface area contributed by atoms with Crippen molar-refractivity contribution < 1.29 is 0 Å². The molecule has 0 bridgehead atoms. The summed E-state index contributed by atoms with van der Waals surface area (Å²) in [5.74, 6) is 0. The van der Waals surface area contributed by atoms with Crippen molar-refractivity contribution in [3.63, 3.8) is 0 Å². The highest BCUT2D eigenvalue weighted by Crippen LogP contribution is 2.21. The Bertz CT molecular complexity index is 585. The smallest absolute Gasteiger partial charge is 0.0775 e. The summed E-state index contributed by atoms with van der Waals surface area (Å²) in [5.41, 5.74) is 4.43. The van der Waals surface area contributed by atoms with Gasteiger partial charge >= 0.3 is 0 Å². The first-order valence-corrected chi connectivity index (χ1v) is 11.4. The van der Waals surface area contributed by atoms with E-state index in [4.69, 9.17) is 0 Å². The SMILES string of the molecule is C[Si](C)(C)c1ccc(CNC2Cc3ccccc3C2)cc1. The lowest BCUT2D eigenvalue weighted by atomic mass is 10.1. The second kappa shape index (κ2) is 5.78. The van der Waals surface area contributed by atoms with E-state index in [2.05, 4.69) is 73.5 Å². The number of hydrogen-bond acceptors (Lipinski definition) is 1. The second-order valence-electron chi connectivity index (χ2n) is 7.20. The van der Waals surface area contributed by atoms with Gasteiger partial charge in [0.1, 0.15) is 0 Å². The van der Waals surface area contributed by atoms with Crippen LogP contribution in [-0.4, -0.2) is 14.1 Å². The van der Waals surface area contributed by atoms with E-state index in [9.17, 15) is 0 Å². The Balaban J connectivity index is 1.57. The molecule has 0 saturated heterocycles. The van der Waals surface area contributed by atoms with E-state index in [0.29, 0.717) is 6.04 Å². The summed E-state index contributed by atoms with van der Waals surface area (Å²) in [7, 11) is -1.17. The van der Waals surface area contributed by atoms with E-state index < -0.39 is 8.07 Å². The molecule has 0 radical (unpaired) electrons. The minimum atomic E-state index is -1.17. The van der Waals surface area contributed by atoms with E-state index in [0.717, 1.165) is 6.54 Å². The van der Waals surface area contributed by atoms with Gasteiger partial charge in [-0.05, 0) is 29.5 Å². The first-order valence-electron chi connectivity index (χ1n) is 7.92. The molecule has 1 aliphatic carbocycles. The summed E-state index contributed by atoms with van der Waals surface area (Å²) in [6, 6.07) is 18.7. The molecule has 2 aromatic carbocycles. The standard InChI is InChI=1S/C19H25NSi/c1-21(2,3)19-10-8-15(9-11-19)14-20-18-12-16-6-4-5-7-17(16)13-18/h4-11,18,20H,12-14H2,1-3H3. The van der Waals surface area contributed by atoms with Crippen LogP contribution in [0.4, 0.5) is 0 Å². The van der Waals surface area contributed by atoms with Crippen LogP contribution < -0.4 is 10.5 Å². The Morgan fingerprint density at radius 1 is 0.905 bits per heavy atom. The first-order chi connectivity index (χ1) is 10.0. The fourth-order valence-electron chi connectivity index (χ4n) is 3.09. The molecule has 1 nitrogen and oxygen atoms in total. The fraction of sp³-hybridized carbons (Fsp3) is 0.368. The molecule has 21 heavy (non-hydrogen) atoms. The predicted octanol–water partition coefficient (Wildman–Crippen LogP) is 3.49. The molecule has 0 heterocycles. The first kappa shape index (κ1) is 14.5. The molecule has 0 aliphatic heterocycles. The van der Waals surface area contributed by atoms with Gasteiger partial charge in [-0.1, -0.05) is 73.4 Å². The zero-order chi connectivity index (χ0) is 14.9. The quantitative estimate of drug-likeness (QED) is 0.852. The van der Waals surface area contributed by atoms with E-state index in [1.54, 1.807) is 5.19 Å². The minimum Gasteiger partial charge on any atom is -0.309 e. The average Bonchev–Trinajstić information content (AvgIpc) is 2.87. The monoisotopic (exact) mass is 295 g/mol. The molecule has 0 amide bonds. The molecule has 0 saturated carbocycles. The van der Waals surface area contributed by atoms with Gasteiger partial charge in [-0.2, -0.15) is 0 Å². The lowest BCUT2D eigenvalue weighted by Crippen LogP contribution is -2.37. The van der Waals surface area contributed by atoms with Crippen molar-refractivity contribution in [2.75, 3.05) is 0 Å². The topological polar surface area (TPSA) is 12.0 Å². The number of hydrogen-bond donors (Lipinski definition) is 1. The fourth-order valence-corrected chi connectivity index (χ4v) is 4.25. The normalized spacial score (nSPS) is 15.2. The lowest BCUT2D eigenvalue weighted by Gasteiger charge is -2.17. The molecular weight excluding hydrogens is 270 g/mol. The van der Waals surface area contributed by atoms with E-state index in [1.807, 2.05) is 0 Å². The maximum Gasteiger partial charge on any atom is 0.0775 e. The molecule has 0 fully saturated rings. The van der Waals surface area contributed by atoms with Crippen molar-refractivity contribution >= 4 is 13.3 Å². The Morgan fingerprint density at radius 2 is 1.48 bits per heavy atom. The van der Waals surface area contributed by atoms with Crippen LogP contribution in [0, 0.1) is 0 Å². The van der Waals surface area contributed by atoms with E-state index in [-0.39, 0.29) is 0 Å². The molecule has 0 unspecified atom stereocenters. The molecule has 3 rings (SSSR count). The Hall–Kier alpha value is -1.38. The number of nitrogens with one attached hydrogen (secondary N) is 1. The van der Waals surface area contributed by atoms with Crippen molar-refractivity contribution in [2.45, 2.75) is 45.1 Å². The van der Waals surface area contributed by atoms with Crippen LogP contribution in [0.15, 0.2) is 48.5 Å². The summed E-state index contributed by atoms with van der Waals surface area (Å²) < 4.78 is 0. The molecule has 1 aliphatic rings. The molecule has 2 aromatic rings. The van der Waals surface area contributed by atoms with Gasteiger partial charge in [0, 0.05) is 12.6 Å². The van der Waals surface area contributed by atoms with Crippen LogP contribution in [0.3, 0.4) is 0 Å². The number of benzene rings is 2. The Labute approximate surface area is 129 Å². The third kappa shape index (κ3) is 3.45. The summed E-state index contributed by atoms with van der Waals surface area (Å²) in [4.78, 5) is 0. The maximum atomic E-state index is 3.71. The van der Waals surface area contributed by atoms with Crippen molar-refractivity contribution in [2.24, 2.45) is 0 Å². The largest absolute Gasteiger partial charge is 0.309 e. The highest BCUT2D eigenvalue weighted by molar-refractivity contribution is 6.88. The maximum absolute atomic E-state index is 3.71. The molecule has 0 atom stereocenters. The van der Waals surface area contributed by atoms with Crippen molar-refractivity contribution in [3.05, 3.63) is 65.2 Å². The number of fused-ring (bicyclic) bond motifs is 1. The van der Waals surface area contributed by atoms with Crippen LogP contribution in [0.5, 0.6) is 0 Å². The van der Waals surface area contributed by atoms with Crippen molar-refractivity contribution in [1.29, 1.82) is 0 Å². The van der Waals surface area contributed by atoms with Crippen LogP contribution >= 0.6 is 0 Å². The van der Waals surface area contributed by atoms with Gasteiger partial charge in [0.15, 0.2) is 0 Å². The zero-order valence-electron chi connectivity index (χ0n) is 13.3. The van der Waals surface area contributed by atoms with Gasteiger partial charge in [-0.15, -0.1) is 0 Å². The molecule has 0 aromatic heterocycles. The Morgan fingerprint density at radius 3 is 2.00 bits per heavy atom. The average molecular weight is 296 g/mol. The summed E-state index contributed by atoms with van der Waals surface area (Å²) in [5, 5.41) is 5.26. The van der Waals surface area contributed by atoms with E-state index >= 15 is 0 Å². The number of rotatable bonds is 4. The molecule has 0 spiro atoms. The van der Waals surface area contributed by atoms with Gasteiger partial charge in [-0.25, -0.2) is 0 Å². The van der Waals surface area contributed by atoms with Gasteiger partial charge in [0.25, 0.3) is 0 Å². The molecule has 1 N–H and O–H groups in total. The summed E-state index contributed by atoms with van der Waals surface area (Å²) >= 11 is 0. The van der Waals surface area contributed by atoms with Crippen LogP contribution in [0.25, 0.3) is 0 Å². The van der Waals surface area contributed by atoms with Crippen LogP contribution in [-0.2, 0) is 19.4 Å². The molecule has 2 heteroatoms. The molecular formula is C19H25NSi. The lowest BCUT2D eigenvalue weighted by molar-refractivity contribution is 0.533. The second-order valence-corrected chi connectivity index (χ2v) is 12.3. The zero-order valence-corrected chi connectivity index (χ0v) is 14.3. The van der Waals surface area contributed by atoms with Gasteiger partial charge in [-0.3, -0.25) is 0 Å². The van der Waals surface area contributed by atoms with Gasteiger partial charge < -0.3 is 5.32 Å². The third-order valence-corrected chi connectivity index (χ3v) is 6.53. The van der Waals surface area contributed by atoms with Gasteiger partial charge in [0.2, 0.25) is 0 Å². The summed E-state index contributed by atoms with van der Waals surface area (Å²) in [6.07, 6.45) is 2.34. The highest BCUT2D eigenvalue weighted by Gasteiger charge is 2.20. The highest BCUT2D eigenvalue weighted by atomic mass is 28.3. The van der Waals surface area contributed by atoms with E-state index in [1.165, 1.54) is 29.5 Å². The third-order valence-electron chi connectivity index (χ3n) is 4.47. The van der Waals surface area contributed by atoms with Gasteiger partial charge in [0.05, 0.1) is 8.07 Å². The van der Waals surface area contributed by atoms with Crippen LogP contribution in [0.2, 0.25) is 19.6 Å². The minimum absolute atomic E-state index is 0.596. The summed E-state index contributed by atoms with van der Waals surface area (Å²) in [6.45, 7) is 8.17. The predicted molar refractivity (Wildman–Crippen MR) is 93.9 cm³/mol. The van der Waals surface area contributed by atoms with Crippen molar-refractivity contribution in [3.8, 4) is 0 Å². The molecule has 110 valence electrons.